The number of amides is 2. The van der Waals surface area contributed by atoms with Crippen LogP contribution in [0.15, 0.2) is 24.3 Å². The molecule has 0 bridgehead atoms. The fourth-order valence-electron chi connectivity index (χ4n) is 4.79. The molecule has 168 valence electrons. The third-order valence-corrected chi connectivity index (χ3v) is 6.28. The van der Waals surface area contributed by atoms with Gasteiger partial charge in [0.25, 0.3) is 0 Å². The van der Waals surface area contributed by atoms with Gasteiger partial charge in [-0.15, -0.1) is 0 Å². The normalized spacial score (nSPS) is 23.2. The Kier molecular flexibility index (Phi) is 5.06. The van der Waals surface area contributed by atoms with Crippen LogP contribution in [0.3, 0.4) is 0 Å². The van der Waals surface area contributed by atoms with Gasteiger partial charge >= 0.3 is 6.09 Å². The number of carbonyl (C=O) groups is 2. The molecule has 1 N–H and O–H groups in total. The highest BCUT2D eigenvalue weighted by atomic mass is 16.6. The van der Waals surface area contributed by atoms with E-state index in [0.29, 0.717) is 13.1 Å². The van der Waals surface area contributed by atoms with Crippen LogP contribution in [0.2, 0.25) is 0 Å². The number of piperidine rings is 1. The number of nitrogens with zero attached hydrogens (tertiary/aromatic N) is 3. The minimum Gasteiger partial charge on any atom is -0.444 e. The smallest absolute Gasteiger partial charge is 0.410 e. The molecule has 2 aromatic rings. The Labute approximate surface area is 184 Å². The molecule has 1 saturated carbocycles. The van der Waals surface area contributed by atoms with Crippen molar-refractivity contribution in [2.75, 3.05) is 13.1 Å². The van der Waals surface area contributed by atoms with Crippen LogP contribution in [0.4, 0.5) is 4.79 Å². The van der Waals surface area contributed by atoms with E-state index in [-0.39, 0.29) is 35.8 Å². The quantitative estimate of drug-likeness (QED) is 0.799. The number of nitrogens with one attached hydrogen (secondary N) is 1. The molecule has 1 aliphatic carbocycles. The van der Waals surface area contributed by atoms with Crippen molar-refractivity contribution in [3.05, 3.63) is 30.0 Å². The second-order valence-corrected chi connectivity index (χ2v) is 10.8. The van der Waals surface area contributed by atoms with Gasteiger partial charge in [0.2, 0.25) is 5.91 Å². The Morgan fingerprint density at radius 3 is 2.29 bits per heavy atom. The highest BCUT2D eigenvalue weighted by Crippen LogP contribution is 2.52. The topological polar surface area (TPSA) is 76.5 Å². The minimum atomic E-state index is -0.599. The Bertz CT molecular complexity index is 1010. The molecule has 2 fully saturated rings. The highest BCUT2D eigenvalue weighted by Gasteiger charge is 2.61. The van der Waals surface area contributed by atoms with Crippen molar-refractivity contribution in [3.8, 4) is 0 Å². The van der Waals surface area contributed by atoms with Gasteiger partial charge in [-0.1, -0.05) is 18.2 Å². The summed E-state index contributed by atoms with van der Waals surface area (Å²) in [5, 5.41) is 9.17. The van der Waals surface area contributed by atoms with E-state index in [4.69, 9.17) is 9.84 Å². The largest absolute Gasteiger partial charge is 0.444 e. The van der Waals surface area contributed by atoms with Gasteiger partial charge in [-0.25, -0.2) is 4.79 Å². The van der Waals surface area contributed by atoms with E-state index in [1.54, 1.807) is 4.90 Å². The zero-order chi connectivity index (χ0) is 22.7. The summed E-state index contributed by atoms with van der Waals surface area (Å²) in [6.45, 7) is 15.0. The number of aromatic nitrogens is 2. The number of ether oxygens (including phenoxy) is 1. The molecule has 0 spiro atoms. The molecule has 7 heteroatoms. The third-order valence-electron chi connectivity index (χ3n) is 6.28. The zero-order valence-corrected chi connectivity index (χ0v) is 19.6. The lowest BCUT2D eigenvalue weighted by atomic mass is 9.96. The van der Waals surface area contributed by atoms with E-state index < -0.39 is 11.1 Å². The molecule has 1 aliphatic heterocycles. The molecule has 2 aliphatic rings. The molecule has 3 atom stereocenters. The summed E-state index contributed by atoms with van der Waals surface area (Å²) in [5.74, 6) is 0.435. The third kappa shape index (κ3) is 4.02. The van der Waals surface area contributed by atoms with Crippen LogP contribution in [0.1, 0.15) is 60.2 Å². The number of fused-ring (bicyclic) bond motifs is 2. The van der Waals surface area contributed by atoms with Crippen molar-refractivity contribution < 1.29 is 14.3 Å². The summed E-state index contributed by atoms with van der Waals surface area (Å²) in [6, 6.07) is 8.38. The first-order valence-electron chi connectivity index (χ1n) is 11.2. The zero-order valence-electron chi connectivity index (χ0n) is 19.6. The summed E-state index contributed by atoms with van der Waals surface area (Å²) < 4.78 is 7.48. The first-order valence-corrected chi connectivity index (χ1v) is 11.2. The van der Waals surface area contributed by atoms with Crippen molar-refractivity contribution in [1.82, 2.24) is 20.0 Å². The fraction of sp³-hybridized carbons (Fsp3) is 0.625. The molecule has 1 saturated heterocycles. The number of hydrogen-bond acceptors (Lipinski definition) is 4. The predicted molar refractivity (Wildman–Crippen MR) is 120 cm³/mol. The molecule has 0 radical (unpaired) electrons. The van der Waals surface area contributed by atoms with Crippen LogP contribution in [-0.2, 0) is 15.1 Å². The van der Waals surface area contributed by atoms with E-state index in [0.717, 1.165) is 16.6 Å². The summed E-state index contributed by atoms with van der Waals surface area (Å²) >= 11 is 0. The Morgan fingerprint density at radius 1 is 1.10 bits per heavy atom. The van der Waals surface area contributed by atoms with Gasteiger partial charge in [0.15, 0.2) is 0 Å². The predicted octanol–water partition coefficient (Wildman–Crippen LogP) is 4.08. The highest BCUT2D eigenvalue weighted by molar-refractivity contribution is 5.87. The molecule has 2 amide bonds. The molecular weight excluding hydrogens is 392 g/mol. The fourth-order valence-corrected chi connectivity index (χ4v) is 4.79. The Balaban J connectivity index is 1.44. The van der Waals surface area contributed by atoms with Crippen LogP contribution in [-0.4, -0.2) is 45.4 Å². The van der Waals surface area contributed by atoms with Crippen LogP contribution in [0, 0.1) is 17.8 Å². The van der Waals surface area contributed by atoms with Gasteiger partial charge in [-0.05, 0) is 66.4 Å². The summed E-state index contributed by atoms with van der Waals surface area (Å²) in [6.07, 6.45) is -0.287. The first kappa shape index (κ1) is 21.7. The van der Waals surface area contributed by atoms with Crippen molar-refractivity contribution >= 4 is 22.9 Å². The van der Waals surface area contributed by atoms with Crippen molar-refractivity contribution in [2.24, 2.45) is 17.8 Å². The maximum atomic E-state index is 13.1. The first-order chi connectivity index (χ1) is 14.4. The van der Waals surface area contributed by atoms with Crippen molar-refractivity contribution in [3.63, 3.8) is 0 Å². The monoisotopic (exact) mass is 426 g/mol. The average molecular weight is 427 g/mol. The lowest BCUT2D eigenvalue weighted by Crippen LogP contribution is -2.44. The van der Waals surface area contributed by atoms with E-state index in [1.807, 2.05) is 51.4 Å². The molecule has 31 heavy (non-hydrogen) atoms. The lowest BCUT2D eigenvalue weighted by molar-refractivity contribution is -0.125. The SMILES string of the molecule is CC(C)n1nc(C(C)(C)NC(=O)C2[C@H]3CN(C(=O)OC(C)(C)C)C[C@@H]23)c2ccccc21. The second kappa shape index (κ2) is 7.24. The van der Waals surface area contributed by atoms with Gasteiger partial charge in [0.05, 0.1) is 16.7 Å². The Morgan fingerprint density at radius 2 is 1.71 bits per heavy atom. The standard InChI is InChI=1S/C24H34N4O3/c1-14(2)28-18-11-9-8-10-15(18)20(26-28)24(6,7)25-21(29)19-16-12-27(13-17(16)19)22(30)31-23(3,4)5/h8-11,14,16-17,19H,12-13H2,1-7H3,(H,25,29)/t16-,17+,19?. The van der Waals surface area contributed by atoms with Gasteiger partial charge < -0.3 is 15.0 Å². The van der Waals surface area contributed by atoms with Crippen molar-refractivity contribution in [1.29, 1.82) is 0 Å². The van der Waals surface area contributed by atoms with E-state index in [2.05, 4.69) is 31.3 Å². The second-order valence-electron chi connectivity index (χ2n) is 10.8. The van der Waals surface area contributed by atoms with E-state index in [1.165, 1.54) is 0 Å². The number of carbonyl (C=O) groups excluding carboxylic acids is 2. The van der Waals surface area contributed by atoms with Crippen molar-refractivity contribution in [2.45, 2.75) is 65.6 Å². The van der Waals surface area contributed by atoms with E-state index >= 15 is 0 Å². The molecule has 1 aromatic carbocycles. The maximum absolute atomic E-state index is 13.1. The van der Waals surface area contributed by atoms with Gasteiger partial charge in [0.1, 0.15) is 5.60 Å². The van der Waals surface area contributed by atoms with Crippen LogP contribution < -0.4 is 5.32 Å². The van der Waals surface area contributed by atoms with Crippen LogP contribution in [0.5, 0.6) is 0 Å². The van der Waals surface area contributed by atoms with Gasteiger partial charge in [-0.3, -0.25) is 9.48 Å². The maximum Gasteiger partial charge on any atom is 0.410 e. The molecule has 1 aromatic heterocycles. The number of benzene rings is 1. The molecule has 2 heterocycles. The summed E-state index contributed by atoms with van der Waals surface area (Å²) in [7, 11) is 0. The summed E-state index contributed by atoms with van der Waals surface area (Å²) in [4.78, 5) is 27.1. The molecule has 1 unspecified atom stereocenters. The number of hydrogen-bond donors (Lipinski definition) is 1. The molecule has 4 rings (SSSR count). The number of rotatable bonds is 4. The van der Waals surface area contributed by atoms with E-state index in [9.17, 15) is 9.59 Å². The van der Waals surface area contributed by atoms with Gasteiger partial charge in [0, 0.05) is 30.4 Å². The Hall–Kier alpha value is -2.57. The van der Waals surface area contributed by atoms with Gasteiger partial charge in [-0.2, -0.15) is 5.10 Å². The van der Waals surface area contributed by atoms with Crippen LogP contribution in [0.25, 0.3) is 10.9 Å². The number of para-hydroxylation sites is 1. The molecule has 7 nitrogen and oxygen atoms in total. The number of likely N-dealkylation sites (tertiary alicyclic amines) is 1. The molecular formula is C24H34N4O3. The summed E-state index contributed by atoms with van der Waals surface area (Å²) in [5.41, 5.74) is 0.850. The van der Waals surface area contributed by atoms with Crippen LogP contribution >= 0.6 is 0 Å². The lowest BCUT2D eigenvalue weighted by Gasteiger charge is -2.27. The minimum absolute atomic E-state index is 0.0450. The average Bonchev–Trinajstić information content (AvgIpc) is 3.01.